The maximum atomic E-state index is 14.4. The number of piperazine rings is 1. The molecule has 42 heavy (non-hydrogen) atoms. The summed E-state index contributed by atoms with van der Waals surface area (Å²) in [5.41, 5.74) is 8.46. The van der Waals surface area contributed by atoms with Crippen molar-refractivity contribution in [3.05, 3.63) is 65.2 Å². The van der Waals surface area contributed by atoms with Crippen molar-refractivity contribution >= 4 is 21.6 Å². The minimum atomic E-state index is -3.34. The van der Waals surface area contributed by atoms with E-state index in [2.05, 4.69) is 10.6 Å². The summed E-state index contributed by atoms with van der Waals surface area (Å²) < 4.78 is 61.5. The summed E-state index contributed by atoms with van der Waals surface area (Å²) in [6, 6.07) is 9.31. The zero-order valence-electron chi connectivity index (χ0n) is 24.3. The van der Waals surface area contributed by atoms with Crippen LogP contribution in [0.25, 0.3) is 0 Å². The molecule has 2 bridgehead atoms. The van der Waals surface area contributed by atoms with Gasteiger partial charge in [0.25, 0.3) is 0 Å². The van der Waals surface area contributed by atoms with Crippen molar-refractivity contribution in [2.24, 2.45) is 11.7 Å². The number of nitrogens with zero attached hydrogens (tertiary/aromatic N) is 1. The lowest BCUT2D eigenvalue weighted by molar-refractivity contribution is -0.119. The number of carbonyl (C=O) groups excluding carboxylic acids is 1. The molecule has 5 rings (SSSR count). The Morgan fingerprint density at radius 2 is 1.81 bits per heavy atom. The van der Waals surface area contributed by atoms with Crippen molar-refractivity contribution in [1.29, 1.82) is 0 Å². The predicted octanol–water partition coefficient (Wildman–Crippen LogP) is 3.92. The average Bonchev–Trinajstić information content (AvgIpc) is 3.05. The zero-order valence-corrected chi connectivity index (χ0v) is 25.1. The van der Waals surface area contributed by atoms with E-state index in [0.717, 1.165) is 12.0 Å². The smallest absolute Gasteiger partial charge is 0.241 e. The van der Waals surface area contributed by atoms with Crippen molar-refractivity contribution < 1.29 is 26.7 Å². The van der Waals surface area contributed by atoms with Crippen LogP contribution in [0.4, 0.5) is 14.5 Å². The van der Waals surface area contributed by atoms with Crippen LogP contribution in [0.2, 0.25) is 0 Å². The van der Waals surface area contributed by atoms with E-state index in [9.17, 15) is 22.0 Å². The quantitative estimate of drug-likeness (QED) is 0.421. The summed E-state index contributed by atoms with van der Waals surface area (Å²) in [7, 11) is -3.34. The molecule has 0 spiro atoms. The highest BCUT2D eigenvalue weighted by Gasteiger charge is 2.39. The first-order valence-corrected chi connectivity index (χ1v) is 16.6. The first-order valence-electron chi connectivity index (χ1n) is 15.0. The van der Waals surface area contributed by atoms with E-state index in [4.69, 9.17) is 10.5 Å². The van der Waals surface area contributed by atoms with Gasteiger partial charge in [0.15, 0.2) is 0 Å². The van der Waals surface area contributed by atoms with Gasteiger partial charge in [-0.05, 0) is 93.7 Å². The summed E-state index contributed by atoms with van der Waals surface area (Å²) in [5.74, 6) is -1.55. The number of amides is 1. The lowest BCUT2D eigenvalue weighted by Gasteiger charge is -2.39. The van der Waals surface area contributed by atoms with Crippen LogP contribution in [0.3, 0.4) is 0 Å². The number of hydrogen-bond donors (Lipinski definition) is 3. The molecule has 230 valence electrons. The normalized spacial score (nSPS) is 30.6. The number of sulfonamides is 1. The molecule has 3 aliphatic rings. The van der Waals surface area contributed by atoms with Crippen LogP contribution in [0, 0.1) is 17.6 Å². The van der Waals surface area contributed by atoms with Gasteiger partial charge in [-0.25, -0.2) is 17.2 Å². The Labute approximate surface area is 247 Å². The molecule has 2 aromatic rings. The number of anilines is 1. The van der Waals surface area contributed by atoms with Crippen LogP contribution in [0.15, 0.2) is 42.5 Å². The molecule has 0 radical (unpaired) electrons. The summed E-state index contributed by atoms with van der Waals surface area (Å²) in [4.78, 5) is 13.7. The fourth-order valence-electron chi connectivity index (χ4n) is 7.04. The second-order valence-electron chi connectivity index (χ2n) is 12.2. The van der Waals surface area contributed by atoms with E-state index in [1.807, 2.05) is 13.8 Å². The lowest BCUT2D eigenvalue weighted by atomic mass is 9.74. The van der Waals surface area contributed by atoms with E-state index >= 15 is 0 Å². The van der Waals surface area contributed by atoms with E-state index < -0.39 is 33.7 Å². The minimum Gasteiger partial charge on any atom is -0.376 e. The van der Waals surface area contributed by atoms with Gasteiger partial charge in [-0.1, -0.05) is 18.2 Å². The maximum Gasteiger partial charge on any atom is 0.241 e. The van der Waals surface area contributed by atoms with Crippen molar-refractivity contribution in [3.63, 3.8) is 0 Å². The number of carbonyl (C=O) groups is 1. The number of aryl methyl sites for hydroxylation is 1. The predicted molar refractivity (Wildman–Crippen MR) is 159 cm³/mol. The number of nitrogens with two attached hydrogens (primary N) is 1. The number of hydrogen-bond acceptors (Lipinski definition) is 6. The number of nitrogens with one attached hydrogen (secondary N) is 2. The molecule has 3 heterocycles. The van der Waals surface area contributed by atoms with Crippen LogP contribution < -0.4 is 16.4 Å². The highest BCUT2D eigenvalue weighted by Crippen LogP contribution is 2.38. The van der Waals surface area contributed by atoms with Gasteiger partial charge in [-0.15, -0.1) is 0 Å². The van der Waals surface area contributed by atoms with Crippen LogP contribution >= 0.6 is 0 Å². The van der Waals surface area contributed by atoms with Gasteiger partial charge in [-0.2, -0.15) is 4.31 Å². The Hall–Kier alpha value is -2.44. The molecule has 4 N–H and O–H groups in total. The van der Waals surface area contributed by atoms with Crippen LogP contribution in [-0.4, -0.2) is 67.8 Å². The Kier molecular flexibility index (Phi) is 9.63. The topological polar surface area (TPSA) is 114 Å². The fourth-order valence-corrected chi connectivity index (χ4v) is 8.84. The second kappa shape index (κ2) is 13.1. The van der Waals surface area contributed by atoms with Gasteiger partial charge < -0.3 is 21.1 Å². The van der Waals surface area contributed by atoms with Gasteiger partial charge in [0.05, 0.1) is 24.0 Å². The standard InChI is InChI=1S/C31H42F2N4O4S/c1-19-14-23(15-20(2)41-19)29(22-6-9-24(32)10-7-22)30(34)31(38)36-28-16-25(33)11-5-21(28)8-12-27-17-35-26-4-3-13-42(39,40)37(27)18-26/h5-7,9-11,16,19-20,23,26-27,29-30,35H,3-4,8,12-15,17-18,34H2,1-2H3,(H,36,38)/t19-,20+,23?,26-,27+,29?,30?/m1/s1. The third kappa shape index (κ3) is 7.19. The van der Waals surface area contributed by atoms with Crippen molar-refractivity contribution in [1.82, 2.24) is 9.62 Å². The fraction of sp³-hybridized carbons (Fsp3) is 0.581. The first-order chi connectivity index (χ1) is 20.0. The van der Waals surface area contributed by atoms with E-state index in [1.165, 1.54) is 24.3 Å². The van der Waals surface area contributed by atoms with Gasteiger partial charge in [-0.3, -0.25) is 4.79 Å². The summed E-state index contributed by atoms with van der Waals surface area (Å²) in [6.45, 7) is 5.00. The molecule has 0 aromatic heterocycles. The van der Waals surface area contributed by atoms with Gasteiger partial charge >= 0.3 is 0 Å². The monoisotopic (exact) mass is 604 g/mol. The highest BCUT2D eigenvalue weighted by atomic mass is 32.2. The van der Waals surface area contributed by atoms with Gasteiger partial charge in [0, 0.05) is 36.8 Å². The lowest BCUT2D eigenvalue weighted by Crippen LogP contribution is -2.57. The number of rotatable bonds is 8. The first kappa shape index (κ1) is 31.0. The molecule has 8 atom stereocenters. The van der Waals surface area contributed by atoms with Crippen LogP contribution in [-0.2, 0) is 26.0 Å². The third-order valence-corrected chi connectivity index (χ3v) is 11.0. The molecule has 3 fully saturated rings. The SMILES string of the molecule is C[C@@H]1CC(C(c2ccc(F)cc2)C(N)C(=O)Nc2cc(F)ccc2CC[C@H]2CN[C@@H]3CCCS(=O)(=O)N2C3)C[C@H](C)O1. The average molecular weight is 605 g/mol. The van der Waals surface area contributed by atoms with E-state index in [0.29, 0.717) is 56.4 Å². The van der Waals surface area contributed by atoms with Gasteiger partial charge in [0.2, 0.25) is 15.9 Å². The largest absolute Gasteiger partial charge is 0.376 e. The Morgan fingerprint density at radius 3 is 2.52 bits per heavy atom. The van der Waals surface area contributed by atoms with Crippen LogP contribution in [0.1, 0.15) is 63.0 Å². The molecular formula is C31H42F2N4O4S. The third-order valence-electron chi connectivity index (χ3n) is 9.02. The number of benzene rings is 2. The highest BCUT2D eigenvalue weighted by molar-refractivity contribution is 7.89. The summed E-state index contributed by atoms with van der Waals surface area (Å²) in [5, 5.41) is 6.34. The molecule has 4 unspecified atom stereocenters. The van der Waals surface area contributed by atoms with Crippen molar-refractivity contribution in [2.75, 3.05) is 24.2 Å². The van der Waals surface area contributed by atoms with Crippen molar-refractivity contribution in [3.8, 4) is 0 Å². The Balaban J connectivity index is 1.34. The molecule has 0 aliphatic carbocycles. The van der Waals surface area contributed by atoms with Gasteiger partial charge in [0.1, 0.15) is 11.6 Å². The Bertz CT molecular complexity index is 1350. The second-order valence-corrected chi connectivity index (χ2v) is 14.2. The molecule has 8 nitrogen and oxygen atoms in total. The maximum absolute atomic E-state index is 14.4. The Morgan fingerprint density at radius 1 is 1.12 bits per heavy atom. The molecule has 11 heteroatoms. The number of fused-ring (bicyclic) bond motifs is 2. The summed E-state index contributed by atoms with van der Waals surface area (Å²) in [6.07, 6.45) is 3.83. The zero-order chi connectivity index (χ0) is 30.0. The van der Waals surface area contributed by atoms with Crippen molar-refractivity contribution in [2.45, 2.75) is 88.6 Å². The number of ether oxygens (including phenoxy) is 1. The molecule has 0 saturated carbocycles. The van der Waals surface area contributed by atoms with Crippen LogP contribution in [0.5, 0.6) is 0 Å². The van der Waals surface area contributed by atoms with E-state index in [-0.39, 0.29) is 41.8 Å². The number of halogens is 2. The molecule has 3 saturated heterocycles. The molecule has 1 amide bonds. The minimum absolute atomic E-state index is 0.00986. The van der Waals surface area contributed by atoms with E-state index in [1.54, 1.807) is 22.5 Å². The molecule has 2 aromatic carbocycles. The summed E-state index contributed by atoms with van der Waals surface area (Å²) >= 11 is 0. The molecule has 3 aliphatic heterocycles. The molecular weight excluding hydrogens is 562 g/mol.